The Bertz CT molecular complexity index is 353. The van der Waals surface area contributed by atoms with Crippen LogP contribution in [0.15, 0.2) is 18.3 Å². The molecule has 1 atom stereocenters. The molecule has 3 heteroatoms. The number of piperidine rings is 1. The SMILES string of the molecule is CCC1CCN(C(CN)c2ccc(C)nc2)CC1. The number of nitrogens with zero attached hydrogens (tertiary/aromatic N) is 2. The van der Waals surface area contributed by atoms with Gasteiger partial charge in [-0.05, 0) is 50.4 Å². The molecule has 0 spiro atoms. The van der Waals surface area contributed by atoms with Gasteiger partial charge in [-0.2, -0.15) is 0 Å². The van der Waals surface area contributed by atoms with Crippen LogP contribution < -0.4 is 5.73 Å². The van der Waals surface area contributed by atoms with Crippen LogP contribution in [0.2, 0.25) is 0 Å². The third-order valence-corrected chi connectivity index (χ3v) is 4.21. The summed E-state index contributed by atoms with van der Waals surface area (Å²) in [6.45, 7) is 7.35. The summed E-state index contributed by atoms with van der Waals surface area (Å²) in [6, 6.07) is 4.60. The van der Waals surface area contributed by atoms with Crippen molar-refractivity contribution >= 4 is 0 Å². The Morgan fingerprint density at radius 2 is 2.11 bits per heavy atom. The minimum absolute atomic E-state index is 0.343. The van der Waals surface area contributed by atoms with Crippen LogP contribution in [0.25, 0.3) is 0 Å². The number of pyridine rings is 1. The first-order valence-electron chi connectivity index (χ1n) is 7.11. The van der Waals surface area contributed by atoms with E-state index in [1.54, 1.807) is 0 Å². The fourth-order valence-corrected chi connectivity index (χ4v) is 2.85. The quantitative estimate of drug-likeness (QED) is 0.889. The van der Waals surface area contributed by atoms with Crippen molar-refractivity contribution in [2.75, 3.05) is 19.6 Å². The molecule has 1 aromatic heterocycles. The van der Waals surface area contributed by atoms with Crippen LogP contribution in [0.3, 0.4) is 0 Å². The van der Waals surface area contributed by atoms with Gasteiger partial charge in [-0.1, -0.05) is 19.4 Å². The second-order valence-electron chi connectivity index (χ2n) is 5.37. The van der Waals surface area contributed by atoms with Crippen molar-refractivity contribution in [1.82, 2.24) is 9.88 Å². The second-order valence-corrected chi connectivity index (χ2v) is 5.37. The minimum Gasteiger partial charge on any atom is -0.329 e. The van der Waals surface area contributed by atoms with Gasteiger partial charge in [0.05, 0.1) is 0 Å². The molecule has 18 heavy (non-hydrogen) atoms. The van der Waals surface area contributed by atoms with E-state index < -0.39 is 0 Å². The molecule has 0 saturated carbocycles. The third-order valence-electron chi connectivity index (χ3n) is 4.21. The van der Waals surface area contributed by atoms with Crippen molar-refractivity contribution in [1.29, 1.82) is 0 Å². The average Bonchev–Trinajstić information content (AvgIpc) is 2.42. The molecule has 1 fully saturated rings. The first-order valence-corrected chi connectivity index (χ1v) is 7.11. The van der Waals surface area contributed by atoms with E-state index in [4.69, 9.17) is 5.73 Å². The van der Waals surface area contributed by atoms with Crippen LogP contribution in [0, 0.1) is 12.8 Å². The Morgan fingerprint density at radius 3 is 2.61 bits per heavy atom. The molecule has 2 rings (SSSR count). The highest BCUT2D eigenvalue weighted by molar-refractivity contribution is 5.18. The molecule has 100 valence electrons. The Kier molecular flexibility index (Phi) is 4.72. The van der Waals surface area contributed by atoms with Crippen LogP contribution in [-0.2, 0) is 0 Å². The monoisotopic (exact) mass is 247 g/mol. The number of aryl methyl sites for hydroxylation is 1. The number of hydrogen-bond acceptors (Lipinski definition) is 3. The van der Waals surface area contributed by atoms with Gasteiger partial charge in [0.15, 0.2) is 0 Å². The normalized spacial score (nSPS) is 19.9. The zero-order valence-corrected chi connectivity index (χ0v) is 11.6. The summed E-state index contributed by atoms with van der Waals surface area (Å²) in [6.07, 6.45) is 5.92. The molecular formula is C15H25N3. The van der Waals surface area contributed by atoms with E-state index >= 15 is 0 Å². The van der Waals surface area contributed by atoms with Gasteiger partial charge in [0, 0.05) is 24.5 Å². The summed E-state index contributed by atoms with van der Waals surface area (Å²) in [4.78, 5) is 6.92. The van der Waals surface area contributed by atoms with Gasteiger partial charge >= 0.3 is 0 Å². The maximum Gasteiger partial charge on any atom is 0.0485 e. The van der Waals surface area contributed by atoms with Gasteiger partial charge in [-0.25, -0.2) is 0 Å². The molecule has 1 aliphatic heterocycles. The Labute approximate surface area is 110 Å². The lowest BCUT2D eigenvalue weighted by molar-refractivity contribution is 0.133. The number of aromatic nitrogens is 1. The minimum atomic E-state index is 0.343. The van der Waals surface area contributed by atoms with Gasteiger partial charge < -0.3 is 5.73 Å². The molecule has 0 radical (unpaired) electrons. The molecule has 3 nitrogen and oxygen atoms in total. The van der Waals surface area contributed by atoms with E-state index in [1.807, 2.05) is 13.1 Å². The number of rotatable bonds is 4. The number of hydrogen-bond donors (Lipinski definition) is 1. The fraction of sp³-hybridized carbons (Fsp3) is 0.667. The molecule has 1 saturated heterocycles. The number of likely N-dealkylation sites (tertiary alicyclic amines) is 1. The van der Waals surface area contributed by atoms with E-state index in [-0.39, 0.29) is 0 Å². The molecule has 1 aromatic rings. The molecule has 0 aliphatic carbocycles. The first kappa shape index (κ1) is 13.5. The third kappa shape index (κ3) is 3.09. The zero-order valence-electron chi connectivity index (χ0n) is 11.6. The predicted molar refractivity (Wildman–Crippen MR) is 75.4 cm³/mol. The van der Waals surface area contributed by atoms with Gasteiger partial charge in [0.1, 0.15) is 0 Å². The molecule has 0 bridgehead atoms. The Morgan fingerprint density at radius 1 is 1.39 bits per heavy atom. The standard InChI is InChI=1S/C15H25N3/c1-3-13-6-8-18(9-7-13)15(10-16)14-5-4-12(2)17-11-14/h4-5,11,13,15H,3,6-10,16H2,1-2H3. The van der Waals surface area contributed by atoms with Crippen LogP contribution in [0.1, 0.15) is 43.5 Å². The molecule has 2 heterocycles. The van der Waals surface area contributed by atoms with Crippen molar-refractivity contribution in [3.05, 3.63) is 29.6 Å². The summed E-state index contributed by atoms with van der Waals surface area (Å²) in [5.74, 6) is 0.913. The van der Waals surface area contributed by atoms with E-state index in [0.29, 0.717) is 12.6 Å². The second kappa shape index (κ2) is 6.30. The molecule has 0 amide bonds. The highest BCUT2D eigenvalue weighted by Gasteiger charge is 2.24. The lowest BCUT2D eigenvalue weighted by Gasteiger charge is -2.37. The summed E-state index contributed by atoms with van der Waals surface area (Å²) in [5, 5.41) is 0. The van der Waals surface area contributed by atoms with Crippen molar-refractivity contribution in [3.63, 3.8) is 0 Å². The summed E-state index contributed by atoms with van der Waals surface area (Å²) < 4.78 is 0. The largest absolute Gasteiger partial charge is 0.329 e. The highest BCUT2D eigenvalue weighted by Crippen LogP contribution is 2.27. The van der Waals surface area contributed by atoms with Gasteiger partial charge in [-0.3, -0.25) is 9.88 Å². The van der Waals surface area contributed by atoms with Gasteiger partial charge in [0.2, 0.25) is 0 Å². The van der Waals surface area contributed by atoms with E-state index in [9.17, 15) is 0 Å². The fourth-order valence-electron chi connectivity index (χ4n) is 2.85. The van der Waals surface area contributed by atoms with Crippen LogP contribution in [-0.4, -0.2) is 29.5 Å². The van der Waals surface area contributed by atoms with E-state index in [2.05, 4.69) is 28.9 Å². The molecule has 2 N–H and O–H groups in total. The lowest BCUT2D eigenvalue weighted by Crippen LogP contribution is -2.39. The topological polar surface area (TPSA) is 42.1 Å². The highest BCUT2D eigenvalue weighted by atomic mass is 15.2. The van der Waals surface area contributed by atoms with Crippen LogP contribution in [0.5, 0.6) is 0 Å². The summed E-state index contributed by atoms with van der Waals surface area (Å²) >= 11 is 0. The number of nitrogens with two attached hydrogens (primary N) is 1. The summed E-state index contributed by atoms with van der Waals surface area (Å²) in [5.41, 5.74) is 8.30. The first-order chi connectivity index (χ1) is 8.74. The van der Waals surface area contributed by atoms with Crippen LogP contribution >= 0.6 is 0 Å². The smallest absolute Gasteiger partial charge is 0.0485 e. The van der Waals surface area contributed by atoms with Crippen molar-refractivity contribution < 1.29 is 0 Å². The molecule has 1 unspecified atom stereocenters. The van der Waals surface area contributed by atoms with Crippen LogP contribution in [0.4, 0.5) is 0 Å². The maximum atomic E-state index is 5.97. The van der Waals surface area contributed by atoms with Crippen molar-refractivity contribution in [2.24, 2.45) is 11.7 Å². The Hall–Kier alpha value is -0.930. The molecule has 0 aromatic carbocycles. The average molecular weight is 247 g/mol. The van der Waals surface area contributed by atoms with E-state index in [0.717, 1.165) is 11.6 Å². The van der Waals surface area contributed by atoms with E-state index in [1.165, 1.54) is 37.9 Å². The van der Waals surface area contributed by atoms with Crippen molar-refractivity contribution in [2.45, 2.75) is 39.2 Å². The lowest BCUT2D eigenvalue weighted by atomic mass is 9.92. The Balaban J connectivity index is 2.03. The molecular weight excluding hydrogens is 222 g/mol. The predicted octanol–water partition coefficient (Wildman–Crippen LogP) is 2.51. The molecule has 1 aliphatic rings. The van der Waals surface area contributed by atoms with Gasteiger partial charge in [-0.15, -0.1) is 0 Å². The zero-order chi connectivity index (χ0) is 13.0. The maximum absolute atomic E-state index is 5.97. The van der Waals surface area contributed by atoms with Gasteiger partial charge in [0.25, 0.3) is 0 Å². The van der Waals surface area contributed by atoms with Crippen molar-refractivity contribution in [3.8, 4) is 0 Å². The summed E-state index contributed by atoms with van der Waals surface area (Å²) in [7, 11) is 0.